The third-order valence-corrected chi connectivity index (χ3v) is 5.33. The zero-order valence-corrected chi connectivity index (χ0v) is 15.1. The van der Waals surface area contributed by atoms with Crippen molar-refractivity contribution in [1.82, 2.24) is 10.3 Å². The molecule has 2 N–H and O–H groups in total. The lowest BCUT2D eigenvalue weighted by atomic mass is 10.0. The van der Waals surface area contributed by atoms with E-state index in [1.54, 1.807) is 11.3 Å². The number of hydrogen-bond donors (Lipinski definition) is 2. The summed E-state index contributed by atoms with van der Waals surface area (Å²) in [6, 6.07) is 6.31. The predicted octanol–water partition coefficient (Wildman–Crippen LogP) is 4.70. The van der Waals surface area contributed by atoms with Crippen LogP contribution in [0, 0.1) is 34.6 Å². The lowest BCUT2D eigenvalue weighted by Gasteiger charge is -2.08. The van der Waals surface area contributed by atoms with Crippen molar-refractivity contribution in [3.63, 3.8) is 0 Å². The molecular weight excluding hydrogens is 304 g/mol. The fourth-order valence-electron chi connectivity index (χ4n) is 3.05. The van der Waals surface area contributed by atoms with Crippen LogP contribution in [0.5, 0.6) is 0 Å². The summed E-state index contributed by atoms with van der Waals surface area (Å²) in [4.78, 5) is 18.1. The van der Waals surface area contributed by atoms with Gasteiger partial charge in [0, 0.05) is 27.4 Å². The standard InChI is InChI=1S/C19H22N2OS/c1-10-6-15(18-16(7-10)12(3)13(4)21-18)9-20-19(22)17-8-11(2)23-14(17)5/h6-8,21H,9H2,1-5H3,(H,20,22). The number of thiophene rings is 1. The number of aryl methyl sites for hydroxylation is 5. The minimum atomic E-state index is 0.00139. The Bertz CT molecular complexity index is 902. The van der Waals surface area contributed by atoms with E-state index in [1.165, 1.54) is 27.1 Å². The van der Waals surface area contributed by atoms with Crippen LogP contribution in [0.3, 0.4) is 0 Å². The van der Waals surface area contributed by atoms with E-state index in [0.717, 1.165) is 21.5 Å². The Hall–Kier alpha value is -2.07. The summed E-state index contributed by atoms with van der Waals surface area (Å²) in [7, 11) is 0. The Balaban J connectivity index is 1.89. The number of carbonyl (C=O) groups excluding carboxylic acids is 1. The zero-order valence-electron chi connectivity index (χ0n) is 14.3. The minimum absolute atomic E-state index is 0.00139. The SMILES string of the molecule is Cc1cc(CNC(=O)c2cc(C)sc2C)c2[nH]c(C)c(C)c2c1. The van der Waals surface area contributed by atoms with E-state index in [4.69, 9.17) is 0 Å². The molecule has 23 heavy (non-hydrogen) atoms. The molecule has 0 aliphatic rings. The number of H-pyrrole nitrogens is 1. The van der Waals surface area contributed by atoms with Gasteiger partial charge in [-0.1, -0.05) is 11.6 Å². The molecule has 0 saturated heterocycles. The van der Waals surface area contributed by atoms with Crippen molar-refractivity contribution in [2.45, 2.75) is 41.2 Å². The summed E-state index contributed by atoms with van der Waals surface area (Å²) in [5.41, 5.74) is 6.72. The smallest absolute Gasteiger partial charge is 0.252 e. The quantitative estimate of drug-likeness (QED) is 0.720. The molecule has 1 aromatic carbocycles. The molecule has 3 rings (SSSR count). The van der Waals surface area contributed by atoms with Crippen molar-refractivity contribution in [3.8, 4) is 0 Å². The van der Waals surface area contributed by atoms with Crippen LogP contribution in [0.1, 0.15) is 42.5 Å². The van der Waals surface area contributed by atoms with Crippen LogP contribution in [-0.4, -0.2) is 10.9 Å². The van der Waals surface area contributed by atoms with E-state index in [9.17, 15) is 4.79 Å². The van der Waals surface area contributed by atoms with E-state index >= 15 is 0 Å². The van der Waals surface area contributed by atoms with Gasteiger partial charge in [-0.3, -0.25) is 4.79 Å². The highest BCUT2D eigenvalue weighted by molar-refractivity contribution is 7.12. The number of carbonyl (C=O) groups is 1. The topological polar surface area (TPSA) is 44.9 Å². The van der Waals surface area contributed by atoms with Gasteiger partial charge < -0.3 is 10.3 Å². The number of hydrogen-bond acceptors (Lipinski definition) is 2. The van der Waals surface area contributed by atoms with Crippen molar-refractivity contribution in [1.29, 1.82) is 0 Å². The molecule has 3 aromatic rings. The van der Waals surface area contributed by atoms with Gasteiger partial charge in [0.25, 0.3) is 5.91 Å². The van der Waals surface area contributed by atoms with Crippen LogP contribution < -0.4 is 5.32 Å². The van der Waals surface area contributed by atoms with Gasteiger partial charge in [0.15, 0.2) is 0 Å². The highest BCUT2D eigenvalue weighted by Gasteiger charge is 2.14. The second kappa shape index (κ2) is 5.85. The number of fused-ring (bicyclic) bond motifs is 1. The molecule has 0 atom stereocenters. The molecule has 1 amide bonds. The summed E-state index contributed by atoms with van der Waals surface area (Å²) in [5.74, 6) is 0.00139. The predicted molar refractivity (Wildman–Crippen MR) is 97.5 cm³/mol. The number of aromatic nitrogens is 1. The maximum Gasteiger partial charge on any atom is 0.252 e. The number of amides is 1. The van der Waals surface area contributed by atoms with Crippen LogP contribution in [0.15, 0.2) is 18.2 Å². The van der Waals surface area contributed by atoms with E-state index in [1.807, 2.05) is 19.9 Å². The first kappa shape index (κ1) is 15.8. The maximum absolute atomic E-state index is 12.4. The van der Waals surface area contributed by atoms with Gasteiger partial charge in [-0.15, -0.1) is 11.3 Å². The van der Waals surface area contributed by atoms with Crippen LogP contribution >= 0.6 is 11.3 Å². The molecule has 0 bridgehead atoms. The minimum Gasteiger partial charge on any atom is -0.358 e. The van der Waals surface area contributed by atoms with Gasteiger partial charge in [-0.25, -0.2) is 0 Å². The van der Waals surface area contributed by atoms with Crippen molar-refractivity contribution < 1.29 is 4.79 Å². The van der Waals surface area contributed by atoms with Crippen LogP contribution in [-0.2, 0) is 6.54 Å². The Morgan fingerprint density at radius 1 is 1.13 bits per heavy atom. The lowest BCUT2D eigenvalue weighted by molar-refractivity contribution is 0.0951. The van der Waals surface area contributed by atoms with Crippen molar-refractivity contribution in [3.05, 3.63) is 55.9 Å². The molecule has 120 valence electrons. The van der Waals surface area contributed by atoms with Crippen LogP contribution in [0.4, 0.5) is 0 Å². The van der Waals surface area contributed by atoms with E-state index < -0.39 is 0 Å². The molecule has 0 aliphatic heterocycles. The van der Waals surface area contributed by atoms with Gasteiger partial charge in [0.05, 0.1) is 11.1 Å². The average molecular weight is 326 g/mol. The molecule has 0 radical (unpaired) electrons. The van der Waals surface area contributed by atoms with Gasteiger partial charge in [0.1, 0.15) is 0 Å². The number of benzene rings is 1. The lowest BCUT2D eigenvalue weighted by Crippen LogP contribution is -2.23. The van der Waals surface area contributed by atoms with Gasteiger partial charge in [0.2, 0.25) is 0 Å². The summed E-state index contributed by atoms with van der Waals surface area (Å²) in [6.45, 7) is 10.9. The van der Waals surface area contributed by atoms with Crippen molar-refractivity contribution in [2.24, 2.45) is 0 Å². The molecule has 0 aliphatic carbocycles. The number of aromatic amines is 1. The van der Waals surface area contributed by atoms with Crippen LogP contribution in [0.25, 0.3) is 10.9 Å². The van der Waals surface area contributed by atoms with Crippen molar-refractivity contribution in [2.75, 3.05) is 0 Å². The van der Waals surface area contributed by atoms with Gasteiger partial charge in [-0.2, -0.15) is 0 Å². The fourth-order valence-corrected chi connectivity index (χ4v) is 3.98. The summed E-state index contributed by atoms with van der Waals surface area (Å²) in [6.07, 6.45) is 0. The molecule has 0 spiro atoms. The monoisotopic (exact) mass is 326 g/mol. The molecular formula is C19H22N2OS. The van der Waals surface area contributed by atoms with Gasteiger partial charge >= 0.3 is 0 Å². The molecule has 2 heterocycles. The Kier molecular flexibility index (Phi) is 4.02. The molecule has 3 nitrogen and oxygen atoms in total. The number of rotatable bonds is 3. The second-order valence-electron chi connectivity index (χ2n) is 6.23. The third kappa shape index (κ3) is 2.91. The van der Waals surface area contributed by atoms with E-state index in [0.29, 0.717) is 6.54 Å². The summed E-state index contributed by atoms with van der Waals surface area (Å²) in [5, 5.41) is 4.31. The molecule has 0 unspecified atom stereocenters. The zero-order chi connectivity index (χ0) is 16.7. The van der Waals surface area contributed by atoms with Gasteiger partial charge in [-0.05, 0) is 57.9 Å². The second-order valence-corrected chi connectivity index (χ2v) is 7.69. The summed E-state index contributed by atoms with van der Waals surface area (Å²) >= 11 is 1.66. The normalized spacial score (nSPS) is 11.2. The van der Waals surface area contributed by atoms with E-state index in [-0.39, 0.29) is 5.91 Å². The first-order chi connectivity index (χ1) is 10.9. The largest absolute Gasteiger partial charge is 0.358 e. The molecule has 0 saturated carbocycles. The fraction of sp³-hybridized carbons (Fsp3) is 0.316. The van der Waals surface area contributed by atoms with E-state index in [2.05, 4.69) is 43.2 Å². The Labute approximate surface area is 140 Å². The van der Waals surface area contributed by atoms with Crippen molar-refractivity contribution >= 4 is 28.1 Å². The maximum atomic E-state index is 12.4. The Morgan fingerprint density at radius 3 is 2.52 bits per heavy atom. The average Bonchev–Trinajstić information content (AvgIpc) is 2.97. The van der Waals surface area contributed by atoms with Crippen LogP contribution in [0.2, 0.25) is 0 Å². The summed E-state index contributed by atoms with van der Waals surface area (Å²) < 4.78 is 0. The highest BCUT2D eigenvalue weighted by atomic mass is 32.1. The first-order valence-electron chi connectivity index (χ1n) is 7.80. The third-order valence-electron chi connectivity index (χ3n) is 4.37. The number of nitrogens with one attached hydrogen (secondary N) is 2. The Morgan fingerprint density at radius 2 is 1.87 bits per heavy atom. The molecule has 2 aromatic heterocycles. The molecule has 0 fully saturated rings. The highest BCUT2D eigenvalue weighted by Crippen LogP contribution is 2.26. The first-order valence-corrected chi connectivity index (χ1v) is 8.62. The molecule has 4 heteroatoms.